The van der Waals surface area contributed by atoms with E-state index in [0.717, 1.165) is 23.4 Å². The zero-order chi connectivity index (χ0) is 16.8. The van der Waals surface area contributed by atoms with Gasteiger partial charge in [-0.05, 0) is 30.5 Å². The molecule has 0 aliphatic heterocycles. The molecule has 1 amide bonds. The van der Waals surface area contributed by atoms with Gasteiger partial charge in [0.15, 0.2) is 0 Å². The summed E-state index contributed by atoms with van der Waals surface area (Å²) in [7, 11) is 0. The van der Waals surface area contributed by atoms with Crippen LogP contribution in [-0.2, 0) is 11.2 Å². The van der Waals surface area contributed by atoms with Gasteiger partial charge in [-0.1, -0.05) is 36.3 Å². The number of carbonyl (C=O) groups excluding carboxylic acids is 1. The zero-order valence-corrected chi connectivity index (χ0v) is 14.2. The van der Waals surface area contributed by atoms with Crippen molar-refractivity contribution in [1.29, 1.82) is 0 Å². The molecule has 1 aromatic carbocycles. The monoisotopic (exact) mass is 348 g/mol. The molecule has 0 bridgehead atoms. The van der Waals surface area contributed by atoms with Gasteiger partial charge < -0.3 is 10.6 Å². The summed E-state index contributed by atoms with van der Waals surface area (Å²) in [4.78, 5) is 11.8. The second kappa shape index (κ2) is 8.19. The third kappa shape index (κ3) is 4.99. The summed E-state index contributed by atoms with van der Waals surface area (Å²) in [6, 6.07) is 6.74. The lowest BCUT2D eigenvalue weighted by Crippen LogP contribution is -2.33. The van der Waals surface area contributed by atoms with Gasteiger partial charge in [-0.15, -0.1) is 10.2 Å². The first-order valence-electron chi connectivity index (χ1n) is 8.29. The molecule has 2 aromatic rings. The van der Waals surface area contributed by atoms with E-state index in [1.54, 1.807) is 12.1 Å². The highest BCUT2D eigenvalue weighted by Crippen LogP contribution is 2.19. The normalized spacial score (nSPS) is 14.7. The molecule has 0 radical (unpaired) electrons. The molecule has 2 N–H and O–H groups in total. The number of nitrogens with zero attached hydrogens (tertiary/aromatic N) is 2. The first-order chi connectivity index (χ1) is 11.7. The first-order valence-corrected chi connectivity index (χ1v) is 9.11. The van der Waals surface area contributed by atoms with Gasteiger partial charge in [-0.25, -0.2) is 4.39 Å². The van der Waals surface area contributed by atoms with Crippen LogP contribution in [-0.4, -0.2) is 28.7 Å². The van der Waals surface area contributed by atoms with Crippen molar-refractivity contribution < 1.29 is 9.18 Å². The molecule has 7 heteroatoms. The lowest BCUT2D eigenvalue weighted by molar-refractivity contribution is -0.121. The fourth-order valence-corrected chi connectivity index (χ4v) is 3.63. The molecule has 1 aliphatic rings. The predicted molar refractivity (Wildman–Crippen MR) is 92.6 cm³/mol. The van der Waals surface area contributed by atoms with E-state index in [1.165, 1.54) is 36.3 Å². The summed E-state index contributed by atoms with van der Waals surface area (Å²) in [5.74, 6) is -0.153. The van der Waals surface area contributed by atoms with Crippen LogP contribution in [0.2, 0.25) is 0 Å². The van der Waals surface area contributed by atoms with E-state index in [9.17, 15) is 9.18 Å². The summed E-state index contributed by atoms with van der Waals surface area (Å²) in [5.41, 5.74) is 0.995. The summed E-state index contributed by atoms with van der Waals surface area (Å²) >= 11 is 1.46. The van der Waals surface area contributed by atoms with Crippen molar-refractivity contribution in [2.24, 2.45) is 0 Å². The van der Waals surface area contributed by atoms with Crippen molar-refractivity contribution in [2.75, 3.05) is 11.9 Å². The van der Waals surface area contributed by atoms with Crippen LogP contribution in [0.25, 0.3) is 0 Å². The van der Waals surface area contributed by atoms with Crippen molar-refractivity contribution in [2.45, 2.75) is 44.6 Å². The lowest BCUT2D eigenvalue weighted by Gasteiger charge is -2.11. The molecule has 0 atom stereocenters. The van der Waals surface area contributed by atoms with Gasteiger partial charge in [0.1, 0.15) is 10.8 Å². The molecule has 24 heavy (non-hydrogen) atoms. The molecule has 128 valence electrons. The Morgan fingerprint density at radius 1 is 1.21 bits per heavy atom. The van der Waals surface area contributed by atoms with Crippen LogP contribution in [0.4, 0.5) is 9.52 Å². The molecule has 0 spiro atoms. The molecule has 1 saturated carbocycles. The highest BCUT2D eigenvalue weighted by atomic mass is 32.1. The van der Waals surface area contributed by atoms with Crippen LogP contribution in [0.5, 0.6) is 0 Å². The van der Waals surface area contributed by atoms with Crippen LogP contribution in [0, 0.1) is 5.82 Å². The SMILES string of the molecule is O=C(CCNc1nnc(Cc2ccc(F)cc2)s1)NC1CCCC1. The number of aromatic nitrogens is 2. The molecule has 1 aromatic heterocycles. The third-order valence-corrected chi connectivity index (χ3v) is 4.96. The Balaban J connectivity index is 1.40. The van der Waals surface area contributed by atoms with Crippen LogP contribution in [0.3, 0.4) is 0 Å². The number of amides is 1. The smallest absolute Gasteiger partial charge is 0.221 e. The van der Waals surface area contributed by atoms with Gasteiger partial charge in [-0.3, -0.25) is 4.79 Å². The number of anilines is 1. The Hall–Kier alpha value is -2.02. The predicted octanol–water partition coefficient (Wildman–Crippen LogP) is 3.13. The number of benzene rings is 1. The van der Waals surface area contributed by atoms with Gasteiger partial charge in [0, 0.05) is 25.4 Å². The highest BCUT2D eigenvalue weighted by Gasteiger charge is 2.16. The molecule has 1 heterocycles. The standard InChI is InChI=1S/C17H21FN4OS/c18-13-7-5-12(6-8-13)11-16-21-22-17(24-16)19-10-9-15(23)20-14-3-1-2-4-14/h5-8,14H,1-4,9-11H2,(H,19,22)(H,20,23). The maximum atomic E-state index is 12.9. The molecule has 0 unspecified atom stereocenters. The fraction of sp³-hybridized carbons (Fsp3) is 0.471. The number of hydrogen-bond acceptors (Lipinski definition) is 5. The van der Waals surface area contributed by atoms with Gasteiger partial charge in [0.05, 0.1) is 0 Å². The second-order valence-corrected chi connectivity index (χ2v) is 7.09. The van der Waals surface area contributed by atoms with Crippen LogP contribution < -0.4 is 10.6 Å². The van der Waals surface area contributed by atoms with E-state index in [2.05, 4.69) is 20.8 Å². The van der Waals surface area contributed by atoms with Crippen molar-refractivity contribution in [3.05, 3.63) is 40.7 Å². The third-order valence-electron chi connectivity index (χ3n) is 4.08. The minimum absolute atomic E-state index is 0.0884. The summed E-state index contributed by atoms with van der Waals surface area (Å²) in [6.07, 6.45) is 5.69. The van der Waals surface area contributed by atoms with E-state index in [-0.39, 0.29) is 11.7 Å². The van der Waals surface area contributed by atoms with E-state index >= 15 is 0 Å². The van der Waals surface area contributed by atoms with Gasteiger partial charge in [-0.2, -0.15) is 0 Å². The molecular weight excluding hydrogens is 327 g/mol. The number of rotatable bonds is 7. The second-order valence-electron chi connectivity index (χ2n) is 6.03. The van der Waals surface area contributed by atoms with Crippen LogP contribution >= 0.6 is 11.3 Å². The molecule has 5 nitrogen and oxygen atoms in total. The minimum atomic E-state index is -0.241. The summed E-state index contributed by atoms with van der Waals surface area (Å²) < 4.78 is 12.9. The topological polar surface area (TPSA) is 66.9 Å². The van der Waals surface area contributed by atoms with Crippen LogP contribution in [0.15, 0.2) is 24.3 Å². The first kappa shape index (κ1) is 16.8. The molecule has 0 saturated heterocycles. The van der Waals surface area contributed by atoms with Gasteiger partial charge in [0.25, 0.3) is 0 Å². The Morgan fingerprint density at radius 2 is 1.96 bits per heavy atom. The lowest BCUT2D eigenvalue weighted by atomic mass is 10.2. The van der Waals surface area contributed by atoms with E-state index in [0.29, 0.717) is 30.6 Å². The molecule has 1 fully saturated rings. The summed E-state index contributed by atoms with van der Waals surface area (Å²) in [6.45, 7) is 0.545. The average molecular weight is 348 g/mol. The Morgan fingerprint density at radius 3 is 2.71 bits per heavy atom. The van der Waals surface area contributed by atoms with Crippen molar-refractivity contribution >= 4 is 22.4 Å². The quantitative estimate of drug-likeness (QED) is 0.807. The fourth-order valence-electron chi connectivity index (χ4n) is 2.83. The largest absolute Gasteiger partial charge is 0.360 e. The van der Waals surface area contributed by atoms with Gasteiger partial charge >= 0.3 is 0 Å². The summed E-state index contributed by atoms with van der Waals surface area (Å²) in [5, 5.41) is 16.0. The number of halogens is 1. The van der Waals surface area contributed by atoms with Gasteiger partial charge in [0.2, 0.25) is 11.0 Å². The maximum Gasteiger partial charge on any atom is 0.221 e. The Bertz CT molecular complexity index is 667. The van der Waals surface area contributed by atoms with E-state index < -0.39 is 0 Å². The van der Waals surface area contributed by atoms with Crippen molar-refractivity contribution in [3.8, 4) is 0 Å². The Kier molecular flexibility index (Phi) is 5.74. The molecule has 1 aliphatic carbocycles. The number of nitrogens with one attached hydrogen (secondary N) is 2. The average Bonchev–Trinajstić information content (AvgIpc) is 3.22. The number of hydrogen-bond donors (Lipinski definition) is 2. The van der Waals surface area contributed by atoms with Crippen molar-refractivity contribution in [1.82, 2.24) is 15.5 Å². The highest BCUT2D eigenvalue weighted by molar-refractivity contribution is 7.15. The molecular formula is C17H21FN4OS. The Labute approximate surface area is 144 Å². The van der Waals surface area contributed by atoms with E-state index in [4.69, 9.17) is 0 Å². The number of carbonyl (C=O) groups is 1. The van der Waals surface area contributed by atoms with E-state index in [1.807, 2.05) is 0 Å². The molecule has 3 rings (SSSR count). The maximum absolute atomic E-state index is 12.9. The van der Waals surface area contributed by atoms with Crippen LogP contribution in [0.1, 0.15) is 42.7 Å². The van der Waals surface area contributed by atoms with Crippen molar-refractivity contribution in [3.63, 3.8) is 0 Å². The minimum Gasteiger partial charge on any atom is -0.360 e. The zero-order valence-electron chi connectivity index (χ0n) is 13.4.